The first-order valence-electron chi connectivity index (χ1n) is 12.8. The van der Waals surface area contributed by atoms with Crippen LogP contribution in [-0.4, -0.2) is 29.3 Å². The van der Waals surface area contributed by atoms with Crippen LogP contribution < -0.4 is 5.32 Å². The van der Waals surface area contributed by atoms with E-state index in [-0.39, 0.29) is 30.6 Å². The van der Waals surface area contributed by atoms with Crippen LogP contribution in [-0.2, 0) is 35.4 Å². The lowest BCUT2D eigenvalue weighted by Gasteiger charge is -2.32. The van der Waals surface area contributed by atoms with Gasteiger partial charge in [-0.15, -0.1) is 0 Å². The van der Waals surface area contributed by atoms with E-state index in [2.05, 4.69) is 36.5 Å². The van der Waals surface area contributed by atoms with Crippen molar-refractivity contribution in [1.82, 2.24) is 10.2 Å². The highest BCUT2D eigenvalue weighted by atomic mass is 19.1. The first-order valence-corrected chi connectivity index (χ1v) is 12.8. The van der Waals surface area contributed by atoms with E-state index >= 15 is 0 Å². The summed E-state index contributed by atoms with van der Waals surface area (Å²) < 4.78 is 13.6. The highest BCUT2D eigenvalue weighted by Crippen LogP contribution is 2.18. The Hall–Kier alpha value is -3.47. The Morgan fingerprint density at radius 3 is 2.06 bits per heavy atom. The number of hydrogen-bond donors (Lipinski definition) is 1. The maximum atomic E-state index is 13.7. The van der Waals surface area contributed by atoms with E-state index in [9.17, 15) is 14.0 Å². The van der Waals surface area contributed by atoms with Crippen molar-refractivity contribution in [2.24, 2.45) is 5.92 Å². The summed E-state index contributed by atoms with van der Waals surface area (Å²) in [6.07, 6.45) is 2.25. The summed E-state index contributed by atoms with van der Waals surface area (Å²) >= 11 is 0. The fourth-order valence-electron chi connectivity index (χ4n) is 4.10. The molecule has 5 heteroatoms. The zero-order valence-electron chi connectivity index (χ0n) is 21.5. The van der Waals surface area contributed by atoms with Crippen molar-refractivity contribution in [3.63, 3.8) is 0 Å². The van der Waals surface area contributed by atoms with E-state index in [1.54, 1.807) is 17.0 Å². The number of rotatable bonds is 12. The van der Waals surface area contributed by atoms with Crippen LogP contribution in [0.3, 0.4) is 0 Å². The van der Waals surface area contributed by atoms with Gasteiger partial charge in [0.25, 0.3) is 0 Å². The van der Waals surface area contributed by atoms with Crippen LogP contribution in [0.2, 0.25) is 0 Å². The summed E-state index contributed by atoms with van der Waals surface area (Å²) in [7, 11) is 0. The van der Waals surface area contributed by atoms with Gasteiger partial charge in [-0.05, 0) is 53.1 Å². The second-order valence-electron chi connectivity index (χ2n) is 9.66. The molecule has 1 atom stereocenters. The molecule has 0 unspecified atom stereocenters. The predicted molar refractivity (Wildman–Crippen MR) is 143 cm³/mol. The molecular formula is C31H37FN2O2. The predicted octanol–water partition coefficient (Wildman–Crippen LogP) is 5.73. The first kappa shape index (κ1) is 27.1. The van der Waals surface area contributed by atoms with Gasteiger partial charge in [0, 0.05) is 25.9 Å². The second kappa shape index (κ2) is 13.6. The van der Waals surface area contributed by atoms with Crippen molar-refractivity contribution in [1.29, 1.82) is 0 Å². The molecule has 0 aliphatic carbocycles. The topological polar surface area (TPSA) is 49.4 Å². The van der Waals surface area contributed by atoms with Gasteiger partial charge in [-0.3, -0.25) is 9.59 Å². The number of aryl methyl sites for hydroxylation is 2. The average molecular weight is 489 g/mol. The van der Waals surface area contributed by atoms with Gasteiger partial charge in [0.05, 0.1) is 0 Å². The van der Waals surface area contributed by atoms with Crippen LogP contribution in [0.4, 0.5) is 4.39 Å². The van der Waals surface area contributed by atoms with Crippen molar-refractivity contribution in [3.8, 4) is 0 Å². The molecule has 4 nitrogen and oxygen atoms in total. The van der Waals surface area contributed by atoms with Gasteiger partial charge in [0.1, 0.15) is 11.9 Å². The number of nitrogens with one attached hydrogen (secondary N) is 1. The van der Waals surface area contributed by atoms with Gasteiger partial charge < -0.3 is 10.2 Å². The van der Waals surface area contributed by atoms with Crippen LogP contribution in [0.25, 0.3) is 0 Å². The minimum Gasteiger partial charge on any atom is -0.354 e. The molecule has 0 aliphatic rings. The number of carbonyl (C=O) groups excluding carboxylic acids is 2. The minimum atomic E-state index is -0.675. The molecule has 0 saturated heterocycles. The Labute approximate surface area is 214 Å². The van der Waals surface area contributed by atoms with Crippen molar-refractivity contribution in [2.75, 3.05) is 6.54 Å². The summed E-state index contributed by atoms with van der Waals surface area (Å²) in [5, 5.41) is 3.03. The zero-order valence-corrected chi connectivity index (χ0v) is 21.5. The number of hydrogen-bond acceptors (Lipinski definition) is 2. The quantitative estimate of drug-likeness (QED) is 0.354. The van der Waals surface area contributed by atoms with E-state index in [1.165, 1.54) is 17.7 Å². The van der Waals surface area contributed by atoms with Crippen molar-refractivity contribution < 1.29 is 14.0 Å². The second-order valence-corrected chi connectivity index (χ2v) is 9.66. The Balaban J connectivity index is 1.87. The van der Waals surface area contributed by atoms with Crippen LogP contribution >= 0.6 is 0 Å². The smallest absolute Gasteiger partial charge is 0.243 e. The molecule has 190 valence electrons. The maximum Gasteiger partial charge on any atom is 0.243 e. The molecule has 0 aromatic heterocycles. The molecule has 0 bridgehead atoms. The third-order valence-electron chi connectivity index (χ3n) is 6.28. The normalized spacial score (nSPS) is 11.8. The molecule has 0 heterocycles. The van der Waals surface area contributed by atoms with E-state index in [0.717, 1.165) is 23.1 Å². The number of benzene rings is 3. The van der Waals surface area contributed by atoms with E-state index in [0.29, 0.717) is 25.3 Å². The molecule has 2 amide bonds. The SMILES string of the molecule is CCc1ccc(CCC(=O)N(Cc2ccc(F)cc2)[C@H](Cc2ccccc2)C(=O)NCC(C)C)cc1. The largest absolute Gasteiger partial charge is 0.354 e. The highest BCUT2D eigenvalue weighted by molar-refractivity contribution is 5.88. The summed E-state index contributed by atoms with van der Waals surface area (Å²) in [6.45, 7) is 6.96. The lowest BCUT2D eigenvalue weighted by molar-refractivity contribution is -0.141. The Morgan fingerprint density at radius 2 is 1.44 bits per heavy atom. The fraction of sp³-hybridized carbons (Fsp3) is 0.355. The monoisotopic (exact) mass is 488 g/mol. The molecule has 0 saturated carbocycles. The van der Waals surface area contributed by atoms with Crippen LogP contribution in [0.15, 0.2) is 78.9 Å². The minimum absolute atomic E-state index is 0.0977. The maximum absolute atomic E-state index is 13.7. The van der Waals surface area contributed by atoms with Crippen molar-refractivity contribution in [2.45, 2.75) is 59.0 Å². The molecule has 3 rings (SSSR count). The third-order valence-corrected chi connectivity index (χ3v) is 6.28. The van der Waals surface area contributed by atoms with Gasteiger partial charge in [-0.1, -0.05) is 87.5 Å². The molecule has 0 fully saturated rings. The molecule has 3 aromatic carbocycles. The Bertz CT molecular complexity index is 1100. The number of halogens is 1. The number of nitrogens with zero attached hydrogens (tertiary/aromatic N) is 1. The molecule has 1 N–H and O–H groups in total. The summed E-state index contributed by atoms with van der Waals surface area (Å²) in [5.41, 5.74) is 4.11. The Morgan fingerprint density at radius 1 is 0.833 bits per heavy atom. The van der Waals surface area contributed by atoms with Gasteiger partial charge in [-0.2, -0.15) is 0 Å². The zero-order chi connectivity index (χ0) is 25.9. The van der Waals surface area contributed by atoms with Crippen molar-refractivity contribution >= 4 is 11.8 Å². The molecule has 0 spiro atoms. The number of carbonyl (C=O) groups is 2. The molecule has 0 radical (unpaired) electrons. The molecule has 3 aromatic rings. The van der Waals surface area contributed by atoms with Crippen molar-refractivity contribution in [3.05, 3.63) is 107 Å². The molecule has 36 heavy (non-hydrogen) atoms. The number of amides is 2. The van der Waals surface area contributed by atoms with Gasteiger partial charge in [-0.25, -0.2) is 4.39 Å². The average Bonchev–Trinajstić information content (AvgIpc) is 2.89. The fourth-order valence-corrected chi connectivity index (χ4v) is 4.10. The van der Waals surface area contributed by atoms with Gasteiger partial charge in [0.15, 0.2) is 0 Å². The van der Waals surface area contributed by atoms with E-state index in [1.807, 2.05) is 44.2 Å². The molecule has 0 aliphatic heterocycles. The summed E-state index contributed by atoms with van der Waals surface area (Å²) in [6, 6.07) is 23.5. The lowest BCUT2D eigenvalue weighted by atomic mass is 10.0. The lowest BCUT2D eigenvalue weighted by Crippen LogP contribution is -2.51. The van der Waals surface area contributed by atoms with Crippen LogP contribution in [0, 0.1) is 11.7 Å². The Kier molecular flexibility index (Phi) is 10.2. The van der Waals surface area contributed by atoms with Gasteiger partial charge >= 0.3 is 0 Å². The standard InChI is InChI=1S/C31H37FN2O2/c1-4-24-10-12-25(13-11-24)16-19-30(35)34(22-27-14-17-28(32)18-15-27)29(31(36)33-21-23(2)3)20-26-8-6-5-7-9-26/h5-15,17-18,23,29H,4,16,19-22H2,1-3H3,(H,33,36)/t29-/m1/s1. The van der Waals surface area contributed by atoms with Crippen LogP contribution in [0.5, 0.6) is 0 Å². The molecular weight excluding hydrogens is 451 g/mol. The van der Waals surface area contributed by atoms with E-state index < -0.39 is 6.04 Å². The van der Waals surface area contributed by atoms with Crippen LogP contribution in [0.1, 0.15) is 49.4 Å². The summed E-state index contributed by atoms with van der Waals surface area (Å²) in [4.78, 5) is 28.7. The first-order chi connectivity index (χ1) is 17.4. The highest BCUT2D eigenvalue weighted by Gasteiger charge is 2.30. The van der Waals surface area contributed by atoms with E-state index in [4.69, 9.17) is 0 Å². The summed E-state index contributed by atoms with van der Waals surface area (Å²) in [5.74, 6) is -0.309. The van der Waals surface area contributed by atoms with Gasteiger partial charge in [0.2, 0.25) is 11.8 Å². The third kappa shape index (κ3) is 8.33.